The van der Waals surface area contributed by atoms with E-state index in [1.807, 2.05) is 68.2 Å². The first-order chi connectivity index (χ1) is 16.8. The maximum atomic E-state index is 18.6. The molecule has 0 amide bonds. The molecule has 4 nitrogen and oxygen atoms in total. The lowest BCUT2D eigenvalue weighted by molar-refractivity contribution is -0.542. The molecule has 34 heavy (non-hydrogen) atoms. The second-order valence-corrected chi connectivity index (χ2v) is 9.34. The molecule has 3 aromatic heterocycles. The molecule has 0 fully saturated rings. The molecule has 158 valence electrons. The number of para-hydroxylation sites is 4. The molecule has 0 bridgehead atoms. The van der Waals surface area contributed by atoms with E-state index in [-0.39, 0.29) is 0 Å². The van der Waals surface area contributed by atoms with Crippen molar-refractivity contribution in [3.05, 3.63) is 97.2 Å². The lowest BCUT2D eigenvalue weighted by atomic mass is 9.76. The van der Waals surface area contributed by atoms with E-state index >= 15 is 4.32 Å². The van der Waals surface area contributed by atoms with Crippen LogP contribution in [0.3, 0.4) is 0 Å². The molecule has 0 N–H and O–H groups in total. The molecule has 0 saturated heterocycles. The van der Waals surface area contributed by atoms with Crippen LogP contribution in [0.25, 0.3) is 66.3 Å². The Balaban J connectivity index is 1.66. The number of aromatic nitrogens is 4. The highest BCUT2D eigenvalue weighted by Gasteiger charge is 2.52. The van der Waals surface area contributed by atoms with Gasteiger partial charge in [-0.2, -0.15) is 0 Å². The first-order valence-corrected chi connectivity index (χ1v) is 11.6. The molecule has 5 heterocycles. The molecule has 2 aliphatic rings. The van der Waals surface area contributed by atoms with Crippen molar-refractivity contribution >= 4 is 50.4 Å². The minimum Gasteiger partial charge on any atom is -0.425 e. The van der Waals surface area contributed by atoms with Crippen molar-refractivity contribution in [2.24, 2.45) is 0 Å². The van der Waals surface area contributed by atoms with Gasteiger partial charge in [-0.25, -0.2) is 0 Å². The molecule has 6 heteroatoms. The van der Waals surface area contributed by atoms with Crippen LogP contribution in [0.2, 0.25) is 0 Å². The minimum absolute atomic E-state index is 0.668. The fraction of sp³-hybridized carbons (Fsp3) is 0. The molecule has 9 rings (SSSR count). The number of hydrogen-bond donors (Lipinski definition) is 0. The standard InChI is InChI=1S/C28H16BFN4/c30-29-32-23-13-3-1-7-17(23)19-9-5-11-21(26(19)32)25-15-16-31-28(34(25)29)22-12-6-10-20-18-8-2-4-14-24(18)33(29)27(20)22/h1-16H. The van der Waals surface area contributed by atoms with E-state index in [4.69, 9.17) is 4.98 Å². The van der Waals surface area contributed by atoms with Crippen LogP contribution in [0.4, 0.5) is 4.32 Å². The van der Waals surface area contributed by atoms with Gasteiger partial charge in [-0.3, -0.25) is 0 Å². The van der Waals surface area contributed by atoms with Gasteiger partial charge in [0, 0.05) is 55.2 Å². The molecule has 0 aliphatic carbocycles. The zero-order valence-corrected chi connectivity index (χ0v) is 18.0. The topological polar surface area (TPSA) is 26.6 Å². The number of rotatable bonds is 0. The van der Waals surface area contributed by atoms with Gasteiger partial charge in [0.15, 0.2) is 0 Å². The van der Waals surface area contributed by atoms with Crippen molar-refractivity contribution in [2.45, 2.75) is 0 Å². The van der Waals surface area contributed by atoms with Crippen LogP contribution in [0.5, 0.6) is 0 Å². The van der Waals surface area contributed by atoms with Crippen LogP contribution in [0.15, 0.2) is 97.2 Å². The Bertz CT molecular complexity index is 1910. The van der Waals surface area contributed by atoms with Crippen molar-refractivity contribution < 1.29 is 8.79 Å². The Hall–Kier alpha value is -4.45. The molecular formula is C28H16BFN4. The number of hydrogen-bond acceptors (Lipinski definition) is 1. The molecule has 0 saturated carbocycles. The quantitative estimate of drug-likeness (QED) is 0.271. The van der Waals surface area contributed by atoms with E-state index in [0.717, 1.165) is 60.4 Å². The van der Waals surface area contributed by atoms with E-state index in [1.165, 1.54) is 0 Å². The predicted octanol–water partition coefficient (Wildman–Crippen LogP) is 5.90. The van der Waals surface area contributed by atoms with Crippen LogP contribution in [-0.2, 0) is 0 Å². The van der Waals surface area contributed by atoms with E-state index in [0.29, 0.717) is 5.82 Å². The van der Waals surface area contributed by atoms with Crippen molar-refractivity contribution in [3.8, 4) is 22.6 Å². The molecule has 1 unspecified atom stereocenters. The minimum atomic E-state index is -2.98. The number of fused-ring (bicyclic) bond motifs is 10. The second kappa shape index (κ2) is 5.37. The molecule has 4 aromatic carbocycles. The van der Waals surface area contributed by atoms with Crippen molar-refractivity contribution in [1.82, 2.24) is 13.9 Å². The van der Waals surface area contributed by atoms with Gasteiger partial charge in [-0.05, 0) is 24.3 Å². The first-order valence-electron chi connectivity index (χ1n) is 11.6. The third kappa shape index (κ3) is 1.62. The lowest BCUT2D eigenvalue weighted by Crippen LogP contribution is -2.75. The predicted molar refractivity (Wildman–Crippen MR) is 134 cm³/mol. The Morgan fingerprint density at radius 2 is 1.18 bits per heavy atom. The summed E-state index contributed by atoms with van der Waals surface area (Å²) in [6, 6.07) is 30.7. The average Bonchev–Trinajstić information content (AvgIpc) is 3.41. The summed E-state index contributed by atoms with van der Waals surface area (Å²) in [4.78, 5) is 4.76. The van der Waals surface area contributed by atoms with Crippen LogP contribution >= 0.6 is 0 Å². The van der Waals surface area contributed by atoms with E-state index in [9.17, 15) is 0 Å². The SMILES string of the molecule is F[B-]12n3c4ccccc4c4cccc(c43)-c3ccnc([n+]31)-c1cccc3c4ccccc4n2c13. The number of halogens is 1. The van der Waals surface area contributed by atoms with Crippen LogP contribution in [0, 0.1) is 0 Å². The largest absolute Gasteiger partial charge is 0.571 e. The maximum Gasteiger partial charge on any atom is 0.571 e. The molecule has 2 aliphatic heterocycles. The first kappa shape index (κ1) is 17.1. The summed E-state index contributed by atoms with van der Waals surface area (Å²) >= 11 is 0. The Morgan fingerprint density at radius 1 is 0.618 bits per heavy atom. The number of benzene rings is 4. The second-order valence-electron chi connectivity index (χ2n) is 9.34. The maximum absolute atomic E-state index is 18.6. The summed E-state index contributed by atoms with van der Waals surface area (Å²) in [6.45, 7) is -2.98. The van der Waals surface area contributed by atoms with Gasteiger partial charge < -0.3 is 17.7 Å². The third-order valence-corrected chi connectivity index (χ3v) is 7.88. The molecule has 1 atom stereocenters. The fourth-order valence-corrected chi connectivity index (χ4v) is 6.71. The van der Waals surface area contributed by atoms with Gasteiger partial charge in [0.1, 0.15) is 6.20 Å². The zero-order chi connectivity index (χ0) is 22.2. The average molecular weight is 438 g/mol. The highest BCUT2D eigenvalue weighted by Crippen LogP contribution is 2.46. The van der Waals surface area contributed by atoms with Crippen LogP contribution in [0.1, 0.15) is 0 Å². The molecule has 7 aromatic rings. The summed E-state index contributed by atoms with van der Waals surface area (Å²) in [5.41, 5.74) is 6.47. The fourth-order valence-electron chi connectivity index (χ4n) is 6.71. The van der Waals surface area contributed by atoms with Crippen molar-refractivity contribution in [1.29, 1.82) is 0 Å². The van der Waals surface area contributed by atoms with Gasteiger partial charge in [0.05, 0.1) is 11.3 Å². The number of nitrogens with zero attached hydrogens (tertiary/aromatic N) is 4. The molecule has 0 radical (unpaired) electrons. The van der Waals surface area contributed by atoms with E-state index in [2.05, 4.69) is 42.5 Å². The summed E-state index contributed by atoms with van der Waals surface area (Å²) in [6.07, 6.45) is 1.81. The van der Waals surface area contributed by atoms with Crippen LogP contribution in [-0.4, -0.2) is 20.8 Å². The van der Waals surface area contributed by atoms with Gasteiger partial charge in [0.2, 0.25) is 0 Å². The Kier molecular flexibility index (Phi) is 2.70. The van der Waals surface area contributed by atoms with Gasteiger partial charge in [-0.15, -0.1) is 0 Å². The molecular weight excluding hydrogens is 422 g/mol. The summed E-state index contributed by atoms with van der Waals surface area (Å²) in [5.74, 6) is 0.668. The zero-order valence-electron chi connectivity index (χ0n) is 18.0. The van der Waals surface area contributed by atoms with E-state index < -0.39 is 6.83 Å². The normalized spacial score (nSPS) is 17.7. The van der Waals surface area contributed by atoms with E-state index in [1.54, 1.807) is 0 Å². The van der Waals surface area contributed by atoms with Gasteiger partial charge in [0.25, 0.3) is 5.82 Å². The lowest BCUT2D eigenvalue weighted by Gasteiger charge is -2.43. The van der Waals surface area contributed by atoms with Crippen LogP contribution < -0.4 is 4.48 Å². The summed E-state index contributed by atoms with van der Waals surface area (Å²) in [7, 11) is 0. The Morgan fingerprint density at radius 3 is 1.85 bits per heavy atom. The van der Waals surface area contributed by atoms with Gasteiger partial charge >= 0.3 is 6.83 Å². The van der Waals surface area contributed by atoms with Gasteiger partial charge in [-0.1, -0.05) is 65.6 Å². The molecule has 0 spiro atoms. The smallest absolute Gasteiger partial charge is 0.425 e. The highest BCUT2D eigenvalue weighted by molar-refractivity contribution is 6.67. The summed E-state index contributed by atoms with van der Waals surface area (Å²) in [5, 5.41) is 4.24. The van der Waals surface area contributed by atoms with Crippen molar-refractivity contribution in [2.75, 3.05) is 0 Å². The monoisotopic (exact) mass is 438 g/mol. The third-order valence-electron chi connectivity index (χ3n) is 7.88. The Labute approximate surface area is 193 Å². The summed E-state index contributed by atoms with van der Waals surface area (Å²) < 4.78 is 24.3. The van der Waals surface area contributed by atoms with Crippen molar-refractivity contribution in [3.63, 3.8) is 0 Å². The highest BCUT2D eigenvalue weighted by atomic mass is 19.1.